The van der Waals surface area contributed by atoms with Gasteiger partial charge in [-0.15, -0.1) is 0 Å². The first-order valence-corrected chi connectivity index (χ1v) is 5.20. The van der Waals surface area contributed by atoms with Gasteiger partial charge in [0.25, 0.3) is 5.56 Å². The van der Waals surface area contributed by atoms with Crippen molar-refractivity contribution in [3.63, 3.8) is 0 Å². The molecule has 6 nitrogen and oxygen atoms in total. The zero-order chi connectivity index (χ0) is 12.4. The molecule has 2 aromatic rings. The second kappa shape index (κ2) is 4.50. The van der Waals surface area contributed by atoms with E-state index in [1.807, 2.05) is 14.0 Å². The predicted octanol–water partition coefficient (Wildman–Crippen LogP) is 0.625. The molecule has 0 aliphatic rings. The summed E-state index contributed by atoms with van der Waals surface area (Å²) in [6.45, 7) is 2.24. The minimum absolute atomic E-state index is 0.190. The molecule has 0 aromatic carbocycles. The van der Waals surface area contributed by atoms with Gasteiger partial charge >= 0.3 is 0 Å². The zero-order valence-electron chi connectivity index (χ0n) is 10.0. The van der Waals surface area contributed by atoms with Gasteiger partial charge in [-0.05, 0) is 6.92 Å². The van der Waals surface area contributed by atoms with Crippen molar-refractivity contribution in [1.82, 2.24) is 19.7 Å². The molecule has 0 amide bonds. The van der Waals surface area contributed by atoms with Crippen LogP contribution in [0.25, 0.3) is 11.4 Å². The molecule has 17 heavy (non-hydrogen) atoms. The van der Waals surface area contributed by atoms with E-state index in [1.54, 1.807) is 18.0 Å². The smallest absolute Gasteiger partial charge is 0.251 e. The molecule has 2 aromatic heterocycles. The SMILES string of the molecule is COCc1cc(=O)[nH]c(-c2cnn(C)c2C)n1. The average molecular weight is 234 g/mol. The summed E-state index contributed by atoms with van der Waals surface area (Å²) in [6.07, 6.45) is 1.68. The number of methoxy groups -OCH3 is 1. The van der Waals surface area contributed by atoms with Crippen LogP contribution in [0.15, 0.2) is 17.1 Å². The maximum atomic E-state index is 11.5. The number of hydrogen-bond donors (Lipinski definition) is 1. The first-order valence-electron chi connectivity index (χ1n) is 5.20. The maximum absolute atomic E-state index is 11.5. The molecule has 0 bridgehead atoms. The Bertz CT molecular complexity index is 585. The van der Waals surface area contributed by atoms with E-state index >= 15 is 0 Å². The van der Waals surface area contributed by atoms with Crippen molar-refractivity contribution in [2.45, 2.75) is 13.5 Å². The quantitative estimate of drug-likeness (QED) is 0.845. The minimum Gasteiger partial charge on any atom is -0.378 e. The van der Waals surface area contributed by atoms with E-state index in [1.165, 1.54) is 6.07 Å². The van der Waals surface area contributed by atoms with Crippen LogP contribution >= 0.6 is 0 Å². The number of rotatable bonds is 3. The van der Waals surface area contributed by atoms with E-state index < -0.39 is 0 Å². The summed E-state index contributed by atoms with van der Waals surface area (Å²) in [7, 11) is 3.41. The highest BCUT2D eigenvalue weighted by Crippen LogP contribution is 2.17. The van der Waals surface area contributed by atoms with Gasteiger partial charge in [-0.3, -0.25) is 9.48 Å². The summed E-state index contributed by atoms with van der Waals surface area (Å²) in [4.78, 5) is 18.5. The molecule has 0 radical (unpaired) electrons. The lowest BCUT2D eigenvalue weighted by molar-refractivity contribution is 0.181. The highest BCUT2D eigenvalue weighted by atomic mass is 16.5. The van der Waals surface area contributed by atoms with Crippen molar-refractivity contribution in [2.75, 3.05) is 7.11 Å². The van der Waals surface area contributed by atoms with E-state index in [0.29, 0.717) is 18.1 Å². The maximum Gasteiger partial charge on any atom is 0.251 e. The van der Waals surface area contributed by atoms with Crippen molar-refractivity contribution >= 4 is 0 Å². The number of nitrogens with zero attached hydrogens (tertiary/aromatic N) is 3. The summed E-state index contributed by atoms with van der Waals surface area (Å²) >= 11 is 0. The molecule has 0 atom stereocenters. The van der Waals surface area contributed by atoms with Crippen LogP contribution in [-0.2, 0) is 18.4 Å². The van der Waals surface area contributed by atoms with Crippen molar-refractivity contribution in [3.8, 4) is 11.4 Å². The third-order valence-corrected chi connectivity index (χ3v) is 2.58. The molecule has 0 aliphatic heterocycles. The molecule has 90 valence electrons. The van der Waals surface area contributed by atoms with Crippen LogP contribution in [0.1, 0.15) is 11.4 Å². The van der Waals surface area contributed by atoms with Gasteiger partial charge in [0, 0.05) is 25.9 Å². The molecule has 2 rings (SSSR count). The largest absolute Gasteiger partial charge is 0.378 e. The van der Waals surface area contributed by atoms with Gasteiger partial charge in [0.1, 0.15) is 5.82 Å². The normalized spacial score (nSPS) is 10.8. The van der Waals surface area contributed by atoms with E-state index in [-0.39, 0.29) is 5.56 Å². The number of aromatic nitrogens is 4. The second-order valence-electron chi connectivity index (χ2n) is 3.79. The van der Waals surface area contributed by atoms with Crippen LogP contribution in [0.2, 0.25) is 0 Å². The van der Waals surface area contributed by atoms with Gasteiger partial charge in [-0.1, -0.05) is 0 Å². The molecular formula is C11H14N4O2. The summed E-state index contributed by atoms with van der Waals surface area (Å²) < 4.78 is 6.71. The highest BCUT2D eigenvalue weighted by molar-refractivity contribution is 5.56. The van der Waals surface area contributed by atoms with Crippen LogP contribution < -0.4 is 5.56 Å². The number of aromatic amines is 1. The minimum atomic E-state index is -0.190. The van der Waals surface area contributed by atoms with E-state index in [0.717, 1.165) is 11.3 Å². The lowest BCUT2D eigenvalue weighted by Crippen LogP contribution is -2.11. The summed E-state index contributed by atoms with van der Waals surface area (Å²) in [5.74, 6) is 0.523. The lowest BCUT2D eigenvalue weighted by Gasteiger charge is -2.03. The number of nitrogens with one attached hydrogen (secondary N) is 1. The van der Waals surface area contributed by atoms with Crippen LogP contribution in [0.5, 0.6) is 0 Å². The van der Waals surface area contributed by atoms with Gasteiger partial charge in [0.2, 0.25) is 0 Å². The van der Waals surface area contributed by atoms with Crippen molar-refractivity contribution in [1.29, 1.82) is 0 Å². The number of hydrogen-bond acceptors (Lipinski definition) is 4. The first kappa shape index (κ1) is 11.5. The van der Waals surface area contributed by atoms with E-state index in [2.05, 4.69) is 15.1 Å². The Kier molecular flexibility index (Phi) is 3.06. The van der Waals surface area contributed by atoms with E-state index in [9.17, 15) is 4.79 Å². The predicted molar refractivity (Wildman–Crippen MR) is 62.5 cm³/mol. The molecule has 2 heterocycles. The topological polar surface area (TPSA) is 72.8 Å². The summed E-state index contributed by atoms with van der Waals surface area (Å²) in [5, 5.41) is 4.12. The molecule has 6 heteroatoms. The fourth-order valence-corrected chi connectivity index (χ4v) is 1.59. The van der Waals surface area contributed by atoms with Crippen molar-refractivity contribution in [2.24, 2.45) is 7.05 Å². The lowest BCUT2D eigenvalue weighted by atomic mass is 10.2. The zero-order valence-corrected chi connectivity index (χ0v) is 10.0. The van der Waals surface area contributed by atoms with Crippen LogP contribution in [0.4, 0.5) is 0 Å². The highest BCUT2D eigenvalue weighted by Gasteiger charge is 2.10. The Labute approximate surface area is 98.3 Å². The third-order valence-electron chi connectivity index (χ3n) is 2.58. The Morgan fingerprint density at radius 1 is 1.53 bits per heavy atom. The summed E-state index contributed by atoms with van der Waals surface area (Å²) in [5.41, 5.74) is 2.19. The fraction of sp³-hybridized carbons (Fsp3) is 0.364. The molecule has 1 N–H and O–H groups in total. The first-order chi connectivity index (χ1) is 8.11. The molecule has 0 aliphatic carbocycles. The van der Waals surface area contributed by atoms with Gasteiger partial charge in [-0.2, -0.15) is 5.10 Å². The molecule has 0 saturated heterocycles. The molecule has 0 unspecified atom stereocenters. The molecular weight excluding hydrogens is 220 g/mol. The Morgan fingerprint density at radius 2 is 2.29 bits per heavy atom. The third kappa shape index (κ3) is 2.26. The van der Waals surface area contributed by atoms with E-state index in [4.69, 9.17) is 4.74 Å². The number of aryl methyl sites for hydroxylation is 1. The monoisotopic (exact) mass is 234 g/mol. The van der Waals surface area contributed by atoms with Crippen LogP contribution in [0.3, 0.4) is 0 Å². The van der Waals surface area contributed by atoms with Crippen molar-refractivity contribution in [3.05, 3.63) is 34.0 Å². The van der Waals surface area contributed by atoms with Crippen LogP contribution in [0, 0.1) is 6.92 Å². The van der Waals surface area contributed by atoms with Gasteiger partial charge < -0.3 is 9.72 Å². The number of H-pyrrole nitrogens is 1. The van der Waals surface area contributed by atoms with Crippen LogP contribution in [-0.4, -0.2) is 26.9 Å². The number of ether oxygens (including phenoxy) is 1. The molecule has 0 fully saturated rings. The Morgan fingerprint density at radius 3 is 2.88 bits per heavy atom. The Hall–Kier alpha value is -1.95. The van der Waals surface area contributed by atoms with Gasteiger partial charge in [0.05, 0.1) is 24.1 Å². The van der Waals surface area contributed by atoms with Crippen molar-refractivity contribution < 1.29 is 4.74 Å². The fourth-order valence-electron chi connectivity index (χ4n) is 1.59. The second-order valence-corrected chi connectivity index (χ2v) is 3.79. The van der Waals surface area contributed by atoms with Gasteiger partial charge in [0.15, 0.2) is 0 Å². The standard InChI is InChI=1S/C11H14N4O2/c1-7-9(5-12-15(7)2)11-13-8(6-17-3)4-10(16)14-11/h4-5H,6H2,1-3H3,(H,13,14,16). The van der Waals surface area contributed by atoms with Gasteiger partial charge in [-0.25, -0.2) is 4.98 Å². The average Bonchev–Trinajstić information content (AvgIpc) is 2.59. The molecule has 0 spiro atoms. The summed E-state index contributed by atoms with van der Waals surface area (Å²) in [6, 6.07) is 1.43. The molecule has 0 saturated carbocycles. The Balaban J connectivity index is 2.52.